The van der Waals surface area contributed by atoms with Crippen LogP contribution in [0.25, 0.3) is 0 Å². The number of carbonyl (C=O) groups is 1. The number of hydrogen-bond donors (Lipinski definition) is 1. The van der Waals surface area contributed by atoms with Crippen LogP contribution in [0.1, 0.15) is 57.0 Å². The predicted octanol–water partition coefficient (Wildman–Crippen LogP) is 4.88. The summed E-state index contributed by atoms with van der Waals surface area (Å²) in [5.74, 6) is -2.19. The lowest BCUT2D eigenvalue weighted by molar-refractivity contribution is 0.0891. The van der Waals surface area contributed by atoms with Gasteiger partial charge < -0.3 is 5.32 Å². The van der Waals surface area contributed by atoms with Crippen LogP contribution in [0.15, 0.2) is 42.5 Å². The number of amides is 1. The summed E-state index contributed by atoms with van der Waals surface area (Å²) in [4.78, 5) is 12.6. The van der Waals surface area contributed by atoms with Crippen molar-refractivity contribution in [2.24, 2.45) is 5.41 Å². The molecule has 0 radical (unpaired) electrons. The first-order valence-electron chi connectivity index (χ1n) is 9.92. The Morgan fingerprint density at radius 2 is 1.48 bits per heavy atom. The van der Waals surface area contributed by atoms with Crippen LogP contribution in [0, 0.1) is 17.0 Å². The zero-order valence-electron chi connectivity index (χ0n) is 18.8. The number of carbonyl (C=O) groups excluding carboxylic acids is 1. The topological polar surface area (TPSA) is 66.5 Å². The molecule has 2 aromatic carbocycles. The minimum absolute atomic E-state index is 0.0394. The van der Waals surface area contributed by atoms with Gasteiger partial charge in [0.15, 0.2) is 11.6 Å². The van der Waals surface area contributed by atoms with Gasteiger partial charge in [0.05, 0.1) is 12.8 Å². The van der Waals surface area contributed by atoms with Crippen LogP contribution in [-0.2, 0) is 16.6 Å². The van der Waals surface area contributed by atoms with Gasteiger partial charge in [-0.15, -0.1) is 0 Å². The number of benzene rings is 2. The molecule has 1 amide bonds. The van der Waals surface area contributed by atoms with Gasteiger partial charge in [0.2, 0.25) is 10.0 Å². The number of rotatable bonds is 7. The van der Waals surface area contributed by atoms with E-state index in [0.29, 0.717) is 15.4 Å². The van der Waals surface area contributed by atoms with Crippen molar-refractivity contribution in [3.63, 3.8) is 0 Å². The van der Waals surface area contributed by atoms with Gasteiger partial charge in [-0.05, 0) is 55.5 Å². The molecule has 170 valence electrons. The number of anilines is 1. The van der Waals surface area contributed by atoms with Gasteiger partial charge in [-0.2, -0.15) is 0 Å². The minimum atomic E-state index is -3.95. The Labute approximate surface area is 183 Å². The highest BCUT2D eigenvalue weighted by molar-refractivity contribution is 7.92. The Morgan fingerprint density at radius 1 is 0.968 bits per heavy atom. The van der Waals surface area contributed by atoms with Gasteiger partial charge in [0, 0.05) is 11.1 Å². The first-order valence-corrected chi connectivity index (χ1v) is 11.8. The monoisotopic (exact) mass is 452 g/mol. The van der Waals surface area contributed by atoms with Gasteiger partial charge in [0.1, 0.15) is 5.69 Å². The number of sulfonamides is 1. The molecule has 2 rings (SSSR count). The minimum Gasteiger partial charge on any atom is -0.347 e. The smallest absolute Gasteiger partial charge is 0.251 e. The fourth-order valence-electron chi connectivity index (χ4n) is 3.77. The highest BCUT2D eigenvalue weighted by atomic mass is 32.2. The second kappa shape index (κ2) is 8.94. The standard InChI is InChI=1S/C23H30F2N2O3S/c1-22(2,3)15-23(4,5)26-21(28)17-12-10-16(11-13-17)14-27(31(6,29)30)20-18(24)8-7-9-19(20)25/h7-13H,14-15H2,1-6H3,(H,26,28). The predicted molar refractivity (Wildman–Crippen MR) is 119 cm³/mol. The van der Waals surface area contributed by atoms with Gasteiger partial charge in [0.25, 0.3) is 5.91 Å². The number of para-hydroxylation sites is 1. The fourth-order valence-corrected chi connectivity index (χ4v) is 4.66. The van der Waals surface area contributed by atoms with Crippen LogP contribution in [0.4, 0.5) is 14.5 Å². The summed E-state index contributed by atoms with van der Waals surface area (Å²) in [5.41, 5.74) is -0.107. The average molecular weight is 453 g/mol. The van der Waals surface area contributed by atoms with Crippen molar-refractivity contribution in [3.8, 4) is 0 Å². The molecule has 0 saturated heterocycles. The van der Waals surface area contributed by atoms with Crippen molar-refractivity contribution in [3.05, 3.63) is 65.2 Å². The third-order valence-corrected chi connectivity index (χ3v) is 5.67. The molecule has 0 aliphatic rings. The van der Waals surface area contributed by atoms with E-state index in [0.717, 1.165) is 24.8 Å². The summed E-state index contributed by atoms with van der Waals surface area (Å²) in [6, 6.07) is 9.45. The maximum Gasteiger partial charge on any atom is 0.251 e. The Morgan fingerprint density at radius 3 is 1.94 bits per heavy atom. The van der Waals surface area contributed by atoms with Crippen molar-refractivity contribution in [1.29, 1.82) is 0 Å². The van der Waals surface area contributed by atoms with Crippen LogP contribution in [-0.4, -0.2) is 26.1 Å². The normalized spacial score (nSPS) is 12.5. The molecular weight excluding hydrogens is 422 g/mol. The fraction of sp³-hybridized carbons (Fsp3) is 0.435. The molecule has 0 bridgehead atoms. The van der Waals surface area contributed by atoms with E-state index in [-0.39, 0.29) is 17.9 Å². The Kier molecular flexibility index (Phi) is 7.15. The molecule has 0 saturated carbocycles. The molecule has 0 heterocycles. The number of nitrogens with one attached hydrogen (secondary N) is 1. The third-order valence-electron chi connectivity index (χ3n) is 4.55. The van der Waals surface area contributed by atoms with E-state index >= 15 is 0 Å². The summed E-state index contributed by atoms with van der Waals surface area (Å²) in [5, 5.41) is 3.01. The molecule has 5 nitrogen and oxygen atoms in total. The maximum absolute atomic E-state index is 14.2. The molecule has 0 atom stereocenters. The molecule has 0 aliphatic heterocycles. The summed E-state index contributed by atoms with van der Waals surface area (Å²) >= 11 is 0. The van der Waals surface area contributed by atoms with E-state index in [9.17, 15) is 22.0 Å². The first-order chi connectivity index (χ1) is 14.1. The lowest BCUT2D eigenvalue weighted by atomic mass is 9.81. The molecule has 2 aromatic rings. The Hall–Kier alpha value is -2.48. The third kappa shape index (κ3) is 7.02. The van der Waals surface area contributed by atoms with Gasteiger partial charge in [-0.1, -0.05) is 39.0 Å². The van der Waals surface area contributed by atoms with Crippen molar-refractivity contribution in [2.45, 2.75) is 53.1 Å². The molecule has 1 N–H and O–H groups in total. The van der Waals surface area contributed by atoms with Crippen molar-refractivity contribution in [1.82, 2.24) is 5.32 Å². The molecular formula is C23H30F2N2O3S. The van der Waals surface area contributed by atoms with Crippen molar-refractivity contribution in [2.75, 3.05) is 10.6 Å². The second-order valence-corrected chi connectivity index (χ2v) is 11.5. The highest BCUT2D eigenvalue weighted by Gasteiger charge is 2.28. The Balaban J connectivity index is 2.23. The van der Waals surface area contributed by atoms with Gasteiger partial charge in [-0.25, -0.2) is 17.2 Å². The van der Waals surface area contributed by atoms with E-state index in [2.05, 4.69) is 26.1 Å². The van der Waals surface area contributed by atoms with Crippen molar-refractivity contribution < 1.29 is 22.0 Å². The Bertz CT molecular complexity index is 1020. The van der Waals surface area contributed by atoms with E-state index in [1.54, 1.807) is 24.3 Å². The largest absolute Gasteiger partial charge is 0.347 e. The number of hydrogen-bond acceptors (Lipinski definition) is 3. The van der Waals surface area contributed by atoms with Crippen LogP contribution in [0.2, 0.25) is 0 Å². The van der Waals surface area contributed by atoms with Crippen LogP contribution in [0.5, 0.6) is 0 Å². The molecule has 31 heavy (non-hydrogen) atoms. The maximum atomic E-state index is 14.2. The van der Waals surface area contributed by atoms with E-state index in [1.807, 2.05) is 13.8 Å². The molecule has 0 unspecified atom stereocenters. The number of nitrogens with zero attached hydrogens (tertiary/aromatic N) is 1. The van der Waals surface area contributed by atoms with Crippen molar-refractivity contribution >= 4 is 21.6 Å². The van der Waals surface area contributed by atoms with E-state index in [4.69, 9.17) is 0 Å². The second-order valence-electron chi connectivity index (χ2n) is 9.61. The van der Waals surface area contributed by atoms with Crippen LogP contribution >= 0.6 is 0 Å². The molecule has 8 heteroatoms. The lowest BCUT2D eigenvalue weighted by Gasteiger charge is -2.33. The van der Waals surface area contributed by atoms with E-state index < -0.39 is 32.9 Å². The molecule has 0 fully saturated rings. The quantitative estimate of drug-likeness (QED) is 0.651. The first kappa shape index (κ1) is 24.8. The van der Waals surface area contributed by atoms with E-state index in [1.165, 1.54) is 6.07 Å². The summed E-state index contributed by atoms with van der Waals surface area (Å²) in [6.45, 7) is 9.94. The molecule has 0 aliphatic carbocycles. The number of halogens is 2. The lowest BCUT2D eigenvalue weighted by Crippen LogP contribution is -2.45. The molecule has 0 aromatic heterocycles. The zero-order valence-corrected chi connectivity index (χ0v) is 19.6. The van der Waals surface area contributed by atoms with Gasteiger partial charge in [-0.3, -0.25) is 9.10 Å². The van der Waals surface area contributed by atoms with Gasteiger partial charge >= 0.3 is 0 Å². The highest BCUT2D eigenvalue weighted by Crippen LogP contribution is 2.28. The zero-order chi connectivity index (χ0) is 23.6. The summed E-state index contributed by atoms with van der Waals surface area (Å²) in [6.07, 6.45) is 1.67. The van der Waals surface area contributed by atoms with Crippen LogP contribution < -0.4 is 9.62 Å². The average Bonchev–Trinajstić information content (AvgIpc) is 2.57. The summed E-state index contributed by atoms with van der Waals surface area (Å²) < 4.78 is 53.5. The molecule has 0 spiro atoms. The van der Waals surface area contributed by atoms with Crippen LogP contribution in [0.3, 0.4) is 0 Å². The SMILES string of the molecule is CC(C)(C)CC(C)(C)NC(=O)c1ccc(CN(c2c(F)cccc2F)S(C)(=O)=O)cc1. The summed E-state index contributed by atoms with van der Waals surface area (Å²) in [7, 11) is -3.95.